The van der Waals surface area contributed by atoms with E-state index in [2.05, 4.69) is 9.88 Å². The second-order valence-electron chi connectivity index (χ2n) is 6.94. The van der Waals surface area contributed by atoms with E-state index in [1.165, 1.54) is 62.3 Å². The molecular formula is C17H27N3O. The first-order valence-corrected chi connectivity index (χ1v) is 8.78. The lowest BCUT2D eigenvalue weighted by Crippen LogP contribution is -2.27. The number of ether oxygens (including phenoxy) is 1. The number of hydrogen-bond acceptors (Lipinski definition) is 3. The first-order chi connectivity index (χ1) is 10.4. The van der Waals surface area contributed by atoms with Crippen molar-refractivity contribution in [3.63, 3.8) is 0 Å². The maximum atomic E-state index is 5.53. The smallest absolute Gasteiger partial charge is 0.112 e. The first-order valence-electron chi connectivity index (χ1n) is 8.78. The molecule has 0 unspecified atom stereocenters. The molecule has 116 valence electrons. The minimum atomic E-state index is 0.718. The predicted octanol–water partition coefficient (Wildman–Crippen LogP) is 2.61. The summed E-state index contributed by atoms with van der Waals surface area (Å²) >= 11 is 0. The summed E-state index contributed by atoms with van der Waals surface area (Å²) in [6, 6.07) is 0. The normalized spacial score (nSPS) is 24.4. The molecule has 2 aliphatic heterocycles. The highest BCUT2D eigenvalue weighted by Gasteiger charge is 2.28. The van der Waals surface area contributed by atoms with Crippen LogP contribution in [-0.2, 0) is 24.2 Å². The summed E-state index contributed by atoms with van der Waals surface area (Å²) in [5, 5.41) is 3.48. The zero-order valence-corrected chi connectivity index (χ0v) is 12.9. The van der Waals surface area contributed by atoms with Crippen LogP contribution < -0.4 is 5.32 Å². The maximum absolute atomic E-state index is 5.53. The summed E-state index contributed by atoms with van der Waals surface area (Å²) in [4.78, 5) is 5.07. The highest BCUT2D eigenvalue weighted by molar-refractivity contribution is 5.22. The molecule has 0 spiro atoms. The molecule has 4 heteroatoms. The van der Waals surface area contributed by atoms with Gasteiger partial charge in [0, 0.05) is 50.9 Å². The van der Waals surface area contributed by atoms with E-state index in [0.717, 1.165) is 44.6 Å². The Bertz CT molecular complexity index is 484. The van der Waals surface area contributed by atoms with Crippen LogP contribution in [0.3, 0.4) is 0 Å². The van der Waals surface area contributed by atoms with Crippen LogP contribution in [0.5, 0.6) is 0 Å². The number of aromatic nitrogens is 2. The first kappa shape index (κ1) is 13.8. The van der Waals surface area contributed by atoms with E-state index < -0.39 is 0 Å². The van der Waals surface area contributed by atoms with E-state index >= 15 is 0 Å². The lowest BCUT2D eigenvalue weighted by Gasteiger charge is -2.26. The molecule has 0 amide bonds. The van der Waals surface area contributed by atoms with Crippen LogP contribution >= 0.6 is 0 Å². The molecule has 4 nitrogen and oxygen atoms in total. The van der Waals surface area contributed by atoms with Gasteiger partial charge in [0.05, 0.1) is 5.69 Å². The molecule has 21 heavy (non-hydrogen) atoms. The van der Waals surface area contributed by atoms with Crippen LogP contribution in [0.4, 0.5) is 0 Å². The van der Waals surface area contributed by atoms with Crippen molar-refractivity contribution < 1.29 is 4.74 Å². The third-order valence-corrected chi connectivity index (χ3v) is 5.52. The molecular weight excluding hydrogens is 262 g/mol. The molecule has 1 saturated heterocycles. The van der Waals surface area contributed by atoms with E-state index in [1.807, 2.05) is 0 Å². The molecule has 1 saturated carbocycles. The summed E-state index contributed by atoms with van der Waals surface area (Å²) in [6.45, 7) is 5.15. The van der Waals surface area contributed by atoms with Crippen LogP contribution in [-0.4, -0.2) is 29.3 Å². The quantitative estimate of drug-likeness (QED) is 0.929. The van der Waals surface area contributed by atoms with Crippen molar-refractivity contribution in [1.29, 1.82) is 0 Å². The second kappa shape index (κ2) is 6.09. The molecule has 1 aromatic heterocycles. The van der Waals surface area contributed by atoms with Crippen LogP contribution in [0.25, 0.3) is 0 Å². The SMILES string of the molecule is C1CCC(c2nc3c(n2CC2CCOCC2)CCNC3)C1. The summed E-state index contributed by atoms with van der Waals surface area (Å²) in [5.41, 5.74) is 2.86. The van der Waals surface area contributed by atoms with Crippen LogP contribution in [0, 0.1) is 5.92 Å². The van der Waals surface area contributed by atoms with E-state index in [1.54, 1.807) is 0 Å². The molecule has 0 bridgehead atoms. The number of hydrogen-bond donors (Lipinski definition) is 1. The van der Waals surface area contributed by atoms with Gasteiger partial charge in [-0.05, 0) is 31.6 Å². The van der Waals surface area contributed by atoms with Gasteiger partial charge >= 0.3 is 0 Å². The fourth-order valence-electron chi connectivity index (χ4n) is 4.28. The Hall–Kier alpha value is -0.870. The second-order valence-corrected chi connectivity index (χ2v) is 6.94. The average Bonchev–Trinajstić information content (AvgIpc) is 3.16. The molecule has 1 N–H and O–H groups in total. The van der Waals surface area contributed by atoms with Gasteiger partial charge in [-0.25, -0.2) is 4.98 Å². The molecule has 1 aromatic rings. The largest absolute Gasteiger partial charge is 0.381 e. The van der Waals surface area contributed by atoms with Crippen molar-refractivity contribution in [2.45, 2.75) is 64.0 Å². The summed E-state index contributed by atoms with van der Waals surface area (Å²) in [6.07, 6.45) is 9.05. The standard InChI is InChI=1S/C17H27N3O/c1-2-4-14(3-1)17-19-15-11-18-8-5-16(15)20(17)12-13-6-9-21-10-7-13/h13-14,18H,1-12H2. The van der Waals surface area contributed by atoms with Crippen LogP contribution in [0.15, 0.2) is 0 Å². The Kier molecular flexibility index (Phi) is 3.99. The highest BCUT2D eigenvalue weighted by Crippen LogP contribution is 2.36. The molecule has 1 aliphatic carbocycles. The Morgan fingerprint density at radius 3 is 2.76 bits per heavy atom. The Morgan fingerprint density at radius 1 is 1.14 bits per heavy atom. The van der Waals surface area contributed by atoms with Gasteiger partial charge in [-0.1, -0.05) is 12.8 Å². The monoisotopic (exact) mass is 289 g/mol. The summed E-state index contributed by atoms with van der Waals surface area (Å²) in [7, 11) is 0. The predicted molar refractivity (Wildman–Crippen MR) is 82.4 cm³/mol. The van der Waals surface area contributed by atoms with Gasteiger partial charge in [-0.15, -0.1) is 0 Å². The zero-order valence-electron chi connectivity index (χ0n) is 12.9. The van der Waals surface area contributed by atoms with Crippen LogP contribution in [0.2, 0.25) is 0 Å². The Labute approximate surface area is 127 Å². The number of imidazole rings is 1. The topological polar surface area (TPSA) is 39.1 Å². The van der Waals surface area contributed by atoms with Crippen LogP contribution in [0.1, 0.15) is 61.7 Å². The van der Waals surface area contributed by atoms with E-state index in [4.69, 9.17) is 9.72 Å². The van der Waals surface area contributed by atoms with Gasteiger partial charge in [0.15, 0.2) is 0 Å². The number of fused-ring (bicyclic) bond motifs is 1. The molecule has 4 rings (SSSR count). The van der Waals surface area contributed by atoms with Crippen molar-refractivity contribution >= 4 is 0 Å². The minimum Gasteiger partial charge on any atom is -0.381 e. The fourth-order valence-corrected chi connectivity index (χ4v) is 4.28. The van der Waals surface area contributed by atoms with Crippen molar-refractivity contribution in [2.24, 2.45) is 5.92 Å². The van der Waals surface area contributed by atoms with Gasteiger partial charge in [-0.2, -0.15) is 0 Å². The van der Waals surface area contributed by atoms with Crippen molar-refractivity contribution in [3.05, 3.63) is 17.2 Å². The fraction of sp³-hybridized carbons (Fsp3) is 0.824. The van der Waals surface area contributed by atoms with Crippen molar-refractivity contribution in [2.75, 3.05) is 19.8 Å². The highest BCUT2D eigenvalue weighted by atomic mass is 16.5. The Balaban J connectivity index is 1.63. The molecule has 3 heterocycles. The summed E-state index contributed by atoms with van der Waals surface area (Å²) in [5.74, 6) is 2.91. The average molecular weight is 289 g/mol. The minimum absolute atomic E-state index is 0.718. The van der Waals surface area contributed by atoms with Gasteiger partial charge in [0.1, 0.15) is 5.82 Å². The van der Waals surface area contributed by atoms with E-state index in [0.29, 0.717) is 0 Å². The van der Waals surface area contributed by atoms with Crippen molar-refractivity contribution in [1.82, 2.24) is 14.9 Å². The van der Waals surface area contributed by atoms with Gasteiger partial charge in [0.25, 0.3) is 0 Å². The van der Waals surface area contributed by atoms with Gasteiger partial charge in [0.2, 0.25) is 0 Å². The van der Waals surface area contributed by atoms with Gasteiger partial charge < -0.3 is 14.6 Å². The molecule has 0 radical (unpaired) electrons. The van der Waals surface area contributed by atoms with E-state index in [-0.39, 0.29) is 0 Å². The van der Waals surface area contributed by atoms with E-state index in [9.17, 15) is 0 Å². The van der Waals surface area contributed by atoms with Crippen molar-refractivity contribution in [3.8, 4) is 0 Å². The number of nitrogens with zero attached hydrogens (tertiary/aromatic N) is 2. The lowest BCUT2D eigenvalue weighted by atomic mass is 9.99. The molecule has 0 atom stereocenters. The lowest BCUT2D eigenvalue weighted by molar-refractivity contribution is 0.0606. The third-order valence-electron chi connectivity index (χ3n) is 5.52. The third kappa shape index (κ3) is 2.76. The number of rotatable bonds is 3. The zero-order chi connectivity index (χ0) is 14.1. The molecule has 2 fully saturated rings. The Morgan fingerprint density at radius 2 is 1.95 bits per heavy atom. The summed E-state index contributed by atoms with van der Waals surface area (Å²) < 4.78 is 8.15. The maximum Gasteiger partial charge on any atom is 0.112 e. The molecule has 3 aliphatic rings. The molecule has 0 aromatic carbocycles. The van der Waals surface area contributed by atoms with Gasteiger partial charge in [-0.3, -0.25) is 0 Å². The number of nitrogens with one attached hydrogen (secondary N) is 1.